The summed E-state index contributed by atoms with van der Waals surface area (Å²) in [7, 11) is 3.61. The van der Waals surface area contributed by atoms with E-state index in [0.717, 1.165) is 42.8 Å². The van der Waals surface area contributed by atoms with Crippen LogP contribution in [0.3, 0.4) is 0 Å². The number of hydrogen-bond donors (Lipinski definition) is 4. The number of benzene rings is 1. The number of carbonyl (C=O) groups excluding carboxylic acids is 1. The normalized spacial score (nSPS) is 16.8. The number of rotatable bonds is 10. The first-order chi connectivity index (χ1) is 19.2. The Hall–Kier alpha value is -3.46. The maximum atomic E-state index is 13.8. The van der Waals surface area contributed by atoms with Gasteiger partial charge in [-0.15, -0.1) is 11.3 Å². The number of aliphatic carboxylic acids is 3. The molecule has 41 heavy (non-hydrogen) atoms. The second kappa shape index (κ2) is 13.5. The number of hydrogen-bond acceptors (Lipinski definition) is 9. The molecule has 1 unspecified atom stereocenters. The number of amides is 1. The van der Waals surface area contributed by atoms with Crippen molar-refractivity contribution in [1.29, 1.82) is 0 Å². The number of likely N-dealkylation sites (tertiary alicyclic amines) is 1. The van der Waals surface area contributed by atoms with E-state index in [9.17, 15) is 23.6 Å². The van der Waals surface area contributed by atoms with Crippen LogP contribution in [-0.2, 0) is 42.5 Å². The number of halogens is 1. The van der Waals surface area contributed by atoms with Crippen molar-refractivity contribution in [3.8, 4) is 0 Å². The van der Waals surface area contributed by atoms with Crippen LogP contribution < -0.4 is 0 Å². The molecule has 1 spiro atoms. The molecule has 1 fully saturated rings. The second-order valence-electron chi connectivity index (χ2n) is 10.5. The first-order valence-corrected chi connectivity index (χ1v) is 13.8. The maximum absolute atomic E-state index is 13.8. The minimum atomic E-state index is -2.74. The highest BCUT2D eigenvalue weighted by molar-refractivity contribution is 7.07. The van der Waals surface area contributed by atoms with Gasteiger partial charge in [-0.1, -0.05) is 6.07 Å². The fraction of sp³-hybridized carbons (Fsp3) is 0.519. The molecule has 2 aromatic rings. The van der Waals surface area contributed by atoms with Crippen molar-refractivity contribution in [2.45, 2.75) is 49.9 Å². The smallest absolute Gasteiger partial charge is 0.336 e. The van der Waals surface area contributed by atoms with Crippen LogP contribution in [0.25, 0.3) is 0 Å². The summed E-state index contributed by atoms with van der Waals surface area (Å²) in [5.74, 6) is -5.20. The molecule has 0 aliphatic carbocycles. The summed E-state index contributed by atoms with van der Waals surface area (Å²) in [6, 6.07) is 4.98. The zero-order valence-electron chi connectivity index (χ0n) is 22.8. The molecule has 2 aliphatic heterocycles. The predicted molar refractivity (Wildman–Crippen MR) is 144 cm³/mol. The van der Waals surface area contributed by atoms with Gasteiger partial charge >= 0.3 is 17.9 Å². The Morgan fingerprint density at radius 2 is 1.78 bits per heavy atom. The van der Waals surface area contributed by atoms with E-state index in [0.29, 0.717) is 19.6 Å². The number of aliphatic hydroxyl groups is 1. The number of fused-ring (bicyclic) bond motifs is 2. The van der Waals surface area contributed by atoms with Crippen molar-refractivity contribution in [2.75, 3.05) is 33.7 Å². The van der Waals surface area contributed by atoms with Crippen LogP contribution in [0, 0.1) is 11.7 Å². The summed E-state index contributed by atoms with van der Waals surface area (Å²) < 4.78 is 19.9. The molecule has 1 aromatic carbocycles. The van der Waals surface area contributed by atoms with Gasteiger partial charge in [-0.25, -0.2) is 14.2 Å². The number of carboxylic acids is 3. The largest absolute Gasteiger partial charge is 0.481 e. The van der Waals surface area contributed by atoms with Gasteiger partial charge in [0.1, 0.15) is 5.82 Å². The van der Waals surface area contributed by atoms with E-state index < -0.39 is 36.4 Å². The van der Waals surface area contributed by atoms with Gasteiger partial charge in [-0.2, -0.15) is 0 Å². The Balaban J connectivity index is 0.000000302. The highest BCUT2D eigenvalue weighted by Crippen LogP contribution is 2.44. The molecular weight excluding hydrogens is 561 g/mol. The van der Waals surface area contributed by atoms with Crippen molar-refractivity contribution in [3.63, 3.8) is 0 Å². The number of carboxylic acid groups (broad SMARTS) is 3. The van der Waals surface area contributed by atoms with Gasteiger partial charge in [0.05, 0.1) is 42.2 Å². The molecule has 3 heterocycles. The summed E-state index contributed by atoms with van der Waals surface area (Å²) in [6.45, 7) is 2.94. The van der Waals surface area contributed by atoms with Crippen LogP contribution >= 0.6 is 11.3 Å². The van der Waals surface area contributed by atoms with E-state index in [1.54, 1.807) is 36.4 Å². The zero-order valence-corrected chi connectivity index (χ0v) is 23.6. The van der Waals surface area contributed by atoms with E-state index >= 15 is 0 Å². The number of carbonyl (C=O) groups is 4. The van der Waals surface area contributed by atoms with Gasteiger partial charge < -0.3 is 35.0 Å². The van der Waals surface area contributed by atoms with Crippen molar-refractivity contribution >= 4 is 35.2 Å². The van der Waals surface area contributed by atoms with E-state index in [-0.39, 0.29) is 23.2 Å². The summed E-state index contributed by atoms with van der Waals surface area (Å²) in [4.78, 5) is 51.5. The lowest BCUT2D eigenvalue weighted by atomic mass is 9.83. The Labute approximate surface area is 240 Å². The highest BCUT2D eigenvalue weighted by Gasteiger charge is 2.43. The minimum Gasteiger partial charge on any atom is -0.481 e. The van der Waals surface area contributed by atoms with Gasteiger partial charge in [0.15, 0.2) is 5.60 Å². The van der Waals surface area contributed by atoms with Crippen molar-refractivity contribution in [2.24, 2.45) is 5.92 Å². The third kappa shape index (κ3) is 8.28. The van der Waals surface area contributed by atoms with Crippen LogP contribution in [0.1, 0.15) is 42.5 Å². The van der Waals surface area contributed by atoms with Crippen LogP contribution in [0.4, 0.5) is 4.39 Å². The Bertz CT molecular complexity index is 1230. The number of thiazole rings is 1. The molecule has 4 rings (SSSR count). The fourth-order valence-electron chi connectivity index (χ4n) is 5.11. The molecule has 0 saturated carbocycles. The molecular formula is C27H34FN3O9S. The minimum absolute atomic E-state index is 0.111. The molecule has 1 saturated heterocycles. The van der Waals surface area contributed by atoms with Crippen LogP contribution in [0.5, 0.6) is 0 Å². The van der Waals surface area contributed by atoms with E-state index in [1.165, 1.54) is 6.07 Å². The molecule has 1 atom stereocenters. The SMILES string of the molecule is CN(C)C(=O)C(Cc1cscn1)CN1CCC2(CC1)OCc1ccc(F)cc12.O=C(O)CC(O)(CC(=O)O)C(=O)O. The van der Waals surface area contributed by atoms with Gasteiger partial charge in [-0.3, -0.25) is 14.4 Å². The number of nitrogens with zero attached hydrogens (tertiary/aromatic N) is 3. The Morgan fingerprint density at radius 3 is 2.29 bits per heavy atom. The second-order valence-corrected chi connectivity index (χ2v) is 11.2. The highest BCUT2D eigenvalue weighted by atomic mass is 32.1. The van der Waals surface area contributed by atoms with E-state index in [1.807, 2.05) is 17.0 Å². The number of aromatic nitrogens is 1. The van der Waals surface area contributed by atoms with Crippen LogP contribution in [0.15, 0.2) is 29.1 Å². The van der Waals surface area contributed by atoms with Gasteiger partial charge in [-0.05, 0) is 36.1 Å². The number of ether oxygens (including phenoxy) is 1. The average molecular weight is 596 g/mol. The molecule has 2 aliphatic rings. The van der Waals surface area contributed by atoms with Crippen molar-refractivity contribution in [3.05, 3.63) is 51.7 Å². The molecule has 14 heteroatoms. The van der Waals surface area contributed by atoms with Gasteiger partial charge in [0.2, 0.25) is 5.91 Å². The molecule has 4 N–H and O–H groups in total. The maximum Gasteiger partial charge on any atom is 0.336 e. The molecule has 1 amide bonds. The van der Waals surface area contributed by atoms with Crippen LogP contribution in [-0.4, -0.2) is 98.4 Å². The summed E-state index contributed by atoms with van der Waals surface area (Å²) in [6.07, 6.45) is 0.0159. The van der Waals surface area contributed by atoms with E-state index in [4.69, 9.17) is 25.2 Å². The van der Waals surface area contributed by atoms with E-state index in [2.05, 4.69) is 9.88 Å². The summed E-state index contributed by atoms with van der Waals surface area (Å²) in [5, 5.41) is 35.8. The fourth-order valence-corrected chi connectivity index (χ4v) is 5.69. The van der Waals surface area contributed by atoms with Gasteiger partial charge in [0, 0.05) is 45.5 Å². The zero-order chi connectivity index (χ0) is 30.4. The lowest BCUT2D eigenvalue weighted by molar-refractivity contribution is -0.170. The first kappa shape index (κ1) is 32.1. The van der Waals surface area contributed by atoms with Crippen LogP contribution in [0.2, 0.25) is 0 Å². The molecule has 0 bridgehead atoms. The third-order valence-electron chi connectivity index (χ3n) is 7.22. The quantitative estimate of drug-likeness (QED) is 0.315. The monoisotopic (exact) mass is 595 g/mol. The standard InChI is InChI=1S/C21H26FN3O2S.C6H8O7/c1-24(2)20(26)16(9-18-13-28-14-23-18)11-25-7-5-21(6-8-25)19-10-17(22)4-3-15(19)12-27-21;7-3(8)1-6(13,5(11)12)2-4(9)10/h3-4,10,13-14,16H,5-9,11-12H2,1-2H3;13H,1-2H2,(H,7,8)(H,9,10)(H,11,12). The molecule has 12 nitrogen and oxygen atoms in total. The number of piperidine rings is 1. The summed E-state index contributed by atoms with van der Waals surface area (Å²) in [5.41, 5.74) is 1.78. The first-order valence-electron chi connectivity index (χ1n) is 12.9. The predicted octanol–water partition coefficient (Wildman–Crippen LogP) is 1.80. The lowest BCUT2D eigenvalue weighted by Gasteiger charge is -2.40. The lowest BCUT2D eigenvalue weighted by Crippen LogP contribution is -2.46. The average Bonchev–Trinajstić information content (AvgIpc) is 3.52. The third-order valence-corrected chi connectivity index (χ3v) is 7.86. The van der Waals surface area contributed by atoms with Crippen molar-refractivity contribution < 1.29 is 48.7 Å². The molecule has 0 radical (unpaired) electrons. The molecule has 1 aromatic heterocycles. The Morgan fingerprint density at radius 1 is 1.15 bits per heavy atom. The Kier molecular flexibility index (Phi) is 10.5. The van der Waals surface area contributed by atoms with Crippen molar-refractivity contribution in [1.82, 2.24) is 14.8 Å². The van der Waals surface area contributed by atoms with Gasteiger partial charge in [0.25, 0.3) is 0 Å². The molecule has 224 valence electrons. The topological polar surface area (TPSA) is 178 Å². The summed E-state index contributed by atoms with van der Waals surface area (Å²) >= 11 is 1.56.